The number of hydrogen-bond acceptors (Lipinski definition) is 5. The van der Waals surface area contributed by atoms with Crippen LogP contribution >= 0.6 is 11.8 Å². The van der Waals surface area contributed by atoms with Gasteiger partial charge in [-0.15, -0.1) is 11.8 Å². The first-order chi connectivity index (χ1) is 11.3. The Morgan fingerprint density at radius 2 is 2.17 bits per heavy atom. The Balaban J connectivity index is 2.16. The second-order valence-electron chi connectivity index (χ2n) is 6.13. The number of carbonyl (C=O) groups is 3. The number of para-hydroxylation sites is 1. The van der Waals surface area contributed by atoms with Gasteiger partial charge in [-0.3, -0.25) is 4.79 Å². The van der Waals surface area contributed by atoms with E-state index in [1.165, 1.54) is 7.05 Å². The van der Waals surface area contributed by atoms with Crippen LogP contribution in [0.2, 0.25) is 0 Å². The molecule has 1 aromatic carbocycles. The molecule has 1 heterocycles. The van der Waals surface area contributed by atoms with Gasteiger partial charge in [0, 0.05) is 23.2 Å². The van der Waals surface area contributed by atoms with Gasteiger partial charge in [0.05, 0.1) is 5.69 Å². The molecule has 7 nitrogen and oxygen atoms in total. The molecule has 24 heavy (non-hydrogen) atoms. The summed E-state index contributed by atoms with van der Waals surface area (Å²) < 4.78 is -0.480. The van der Waals surface area contributed by atoms with E-state index in [0.717, 1.165) is 15.5 Å². The average molecular weight is 351 g/mol. The lowest BCUT2D eigenvalue weighted by Crippen LogP contribution is -2.55. The number of rotatable bonds is 5. The zero-order chi connectivity index (χ0) is 17.9. The summed E-state index contributed by atoms with van der Waals surface area (Å²) in [5.41, 5.74) is 0.750. The van der Waals surface area contributed by atoms with E-state index in [-0.39, 0.29) is 12.5 Å². The minimum absolute atomic E-state index is 0.0602. The Morgan fingerprint density at radius 1 is 1.50 bits per heavy atom. The molecule has 0 radical (unpaired) electrons. The Morgan fingerprint density at radius 3 is 2.79 bits per heavy atom. The number of nitrogens with one attached hydrogen (secondary N) is 2. The number of hydrogen-bond donors (Lipinski definition) is 3. The Labute approximate surface area is 144 Å². The number of thioether (sulfide) groups is 1. The van der Waals surface area contributed by atoms with Crippen LogP contribution < -0.4 is 10.6 Å². The maximum atomic E-state index is 12.6. The highest BCUT2D eigenvalue weighted by molar-refractivity contribution is 8.01. The van der Waals surface area contributed by atoms with Gasteiger partial charge >= 0.3 is 6.09 Å². The van der Waals surface area contributed by atoms with E-state index in [0.29, 0.717) is 6.29 Å². The van der Waals surface area contributed by atoms with E-state index in [2.05, 4.69) is 10.6 Å². The summed E-state index contributed by atoms with van der Waals surface area (Å²) in [5, 5.41) is 14.9. The summed E-state index contributed by atoms with van der Waals surface area (Å²) in [4.78, 5) is 36.6. The number of amides is 2. The molecule has 1 aliphatic rings. The van der Waals surface area contributed by atoms with E-state index >= 15 is 0 Å². The van der Waals surface area contributed by atoms with Crippen LogP contribution in [-0.4, -0.2) is 58.7 Å². The maximum Gasteiger partial charge on any atom is 0.407 e. The molecule has 1 aromatic rings. The topological polar surface area (TPSA) is 98.7 Å². The van der Waals surface area contributed by atoms with Crippen LogP contribution in [-0.2, 0) is 9.59 Å². The molecule has 0 saturated heterocycles. The molecule has 8 heteroatoms. The van der Waals surface area contributed by atoms with Gasteiger partial charge in [-0.25, -0.2) is 4.79 Å². The first-order valence-electron chi connectivity index (χ1n) is 7.49. The number of nitrogens with zero attached hydrogens (tertiary/aromatic N) is 1. The molecule has 0 saturated carbocycles. The van der Waals surface area contributed by atoms with Gasteiger partial charge in [0.1, 0.15) is 18.4 Å². The predicted octanol–water partition coefficient (Wildman–Crippen LogP) is 1.64. The number of aldehydes is 1. The molecule has 3 N–H and O–H groups in total. The van der Waals surface area contributed by atoms with Crippen molar-refractivity contribution >= 4 is 35.7 Å². The van der Waals surface area contributed by atoms with Gasteiger partial charge in [0.25, 0.3) is 0 Å². The Bertz CT molecular complexity index is 650. The van der Waals surface area contributed by atoms with Crippen molar-refractivity contribution in [2.75, 3.05) is 18.9 Å². The minimum Gasteiger partial charge on any atom is -0.465 e. The molecule has 2 atom stereocenters. The van der Waals surface area contributed by atoms with Gasteiger partial charge < -0.3 is 25.4 Å². The molecule has 0 fully saturated rings. The summed E-state index contributed by atoms with van der Waals surface area (Å²) in [6.07, 6.45) is -0.634. The zero-order valence-corrected chi connectivity index (χ0v) is 14.6. The highest BCUT2D eigenvalue weighted by Gasteiger charge is 2.39. The second-order valence-corrected chi connectivity index (χ2v) is 7.83. The average Bonchev–Trinajstić information content (AvgIpc) is 2.61. The number of likely N-dealkylation sites (N-methyl/N-ethyl adjacent to an activating group) is 1. The van der Waals surface area contributed by atoms with Crippen LogP contribution in [0.5, 0.6) is 0 Å². The first-order valence-corrected chi connectivity index (χ1v) is 8.31. The molecule has 0 aromatic heterocycles. The molecular weight excluding hydrogens is 330 g/mol. The number of benzene rings is 1. The van der Waals surface area contributed by atoms with E-state index in [1.54, 1.807) is 11.8 Å². The predicted molar refractivity (Wildman–Crippen MR) is 92.4 cm³/mol. The second kappa shape index (κ2) is 7.23. The van der Waals surface area contributed by atoms with Gasteiger partial charge in [0.2, 0.25) is 5.91 Å². The molecule has 2 rings (SSSR count). The quantitative estimate of drug-likeness (QED) is 0.698. The van der Waals surface area contributed by atoms with Gasteiger partial charge in [0.15, 0.2) is 0 Å². The molecule has 0 spiro atoms. The van der Waals surface area contributed by atoms with Crippen molar-refractivity contribution in [2.45, 2.75) is 35.6 Å². The fraction of sp³-hybridized carbons (Fsp3) is 0.438. The molecular formula is C16H21N3O4S. The molecule has 0 bridgehead atoms. The van der Waals surface area contributed by atoms with Crippen molar-refractivity contribution in [1.82, 2.24) is 10.2 Å². The summed E-state index contributed by atoms with van der Waals surface area (Å²) in [6.45, 7) is 3.94. The van der Waals surface area contributed by atoms with Crippen LogP contribution in [0.4, 0.5) is 10.5 Å². The fourth-order valence-electron chi connectivity index (χ4n) is 2.52. The molecule has 0 unspecified atom stereocenters. The lowest BCUT2D eigenvalue weighted by Gasteiger charge is -2.32. The van der Waals surface area contributed by atoms with Crippen LogP contribution in [0.15, 0.2) is 29.2 Å². The lowest BCUT2D eigenvalue weighted by molar-refractivity contribution is -0.119. The summed E-state index contributed by atoms with van der Waals surface area (Å²) in [6, 6.07) is 6.10. The normalized spacial score (nSPS) is 20.3. The standard InChI is InChI=1S/C16H21N3O4S/c1-16(2)13(17-8-10(9-20)19(3)15(22)23)14(21)18-11-6-4-5-7-12(11)24-16/h4-7,9-10,13,17H,8H2,1-3H3,(H,18,21)(H,22,23)/t10-,13+/m0/s1. The largest absolute Gasteiger partial charge is 0.465 e. The number of fused-ring (bicyclic) bond motifs is 1. The van der Waals surface area contributed by atoms with Crippen molar-refractivity contribution in [3.05, 3.63) is 24.3 Å². The summed E-state index contributed by atoms with van der Waals surface area (Å²) in [5.74, 6) is -0.208. The van der Waals surface area contributed by atoms with Crippen LogP contribution in [0, 0.1) is 0 Å². The third-order valence-corrected chi connectivity index (χ3v) is 5.30. The molecule has 0 aliphatic carbocycles. The van der Waals surface area contributed by atoms with Gasteiger partial charge in [-0.05, 0) is 26.0 Å². The van der Waals surface area contributed by atoms with Crippen molar-refractivity contribution in [3.8, 4) is 0 Å². The molecule has 130 valence electrons. The Hall–Kier alpha value is -2.06. The number of carboxylic acid groups (broad SMARTS) is 1. The van der Waals surface area contributed by atoms with Gasteiger partial charge in [-0.1, -0.05) is 12.1 Å². The fourth-order valence-corrected chi connectivity index (χ4v) is 3.77. The van der Waals surface area contributed by atoms with Crippen molar-refractivity contribution < 1.29 is 19.5 Å². The van der Waals surface area contributed by atoms with Crippen LogP contribution in [0.25, 0.3) is 0 Å². The van der Waals surface area contributed by atoms with E-state index in [4.69, 9.17) is 5.11 Å². The summed E-state index contributed by atoms with van der Waals surface area (Å²) >= 11 is 1.56. The number of carbonyl (C=O) groups excluding carboxylic acids is 2. The molecule has 2 amide bonds. The van der Waals surface area contributed by atoms with Crippen molar-refractivity contribution in [2.24, 2.45) is 0 Å². The third kappa shape index (κ3) is 3.88. The zero-order valence-electron chi connectivity index (χ0n) is 13.8. The van der Waals surface area contributed by atoms with Gasteiger partial charge in [-0.2, -0.15) is 0 Å². The maximum absolute atomic E-state index is 12.6. The smallest absolute Gasteiger partial charge is 0.407 e. The van der Waals surface area contributed by atoms with Crippen LogP contribution in [0.1, 0.15) is 13.8 Å². The summed E-state index contributed by atoms with van der Waals surface area (Å²) in [7, 11) is 1.33. The van der Waals surface area contributed by atoms with Crippen LogP contribution in [0.3, 0.4) is 0 Å². The van der Waals surface area contributed by atoms with E-state index in [1.807, 2.05) is 38.1 Å². The number of anilines is 1. The van der Waals surface area contributed by atoms with Crippen molar-refractivity contribution in [1.29, 1.82) is 0 Å². The van der Waals surface area contributed by atoms with E-state index in [9.17, 15) is 14.4 Å². The minimum atomic E-state index is -1.19. The SMILES string of the molecule is CN(C(=O)O)[C@H](C=O)CN[C@@H]1C(=O)Nc2ccccc2SC1(C)C. The highest BCUT2D eigenvalue weighted by atomic mass is 32.2. The first kappa shape index (κ1) is 18.3. The monoisotopic (exact) mass is 351 g/mol. The van der Waals surface area contributed by atoms with E-state index < -0.39 is 22.9 Å². The third-order valence-electron chi connectivity index (χ3n) is 3.96. The Kier molecular flexibility index (Phi) is 5.51. The molecule has 1 aliphatic heterocycles. The highest BCUT2D eigenvalue weighted by Crippen LogP contribution is 2.41. The van der Waals surface area contributed by atoms with Crippen molar-refractivity contribution in [3.63, 3.8) is 0 Å². The lowest BCUT2D eigenvalue weighted by atomic mass is 10.0.